The van der Waals surface area contributed by atoms with Crippen LogP contribution in [0.4, 0.5) is 0 Å². The molecule has 0 bridgehead atoms. The minimum absolute atomic E-state index is 0.215. The van der Waals surface area contributed by atoms with Gasteiger partial charge in [0.15, 0.2) is 0 Å². The predicted octanol–water partition coefficient (Wildman–Crippen LogP) is 5.95. The van der Waals surface area contributed by atoms with Crippen LogP contribution < -0.4 is 0 Å². The van der Waals surface area contributed by atoms with E-state index in [-0.39, 0.29) is 34.2 Å². The van der Waals surface area contributed by atoms with Crippen LogP contribution in [0.15, 0.2) is 36.4 Å². The van der Waals surface area contributed by atoms with Gasteiger partial charge in [-0.1, -0.05) is 72.2 Å². The lowest BCUT2D eigenvalue weighted by Crippen LogP contribution is -2.38. The Kier molecular flexibility index (Phi) is 5.90. The Morgan fingerprint density at radius 2 is 1.35 bits per heavy atom. The van der Waals surface area contributed by atoms with Crippen LogP contribution in [0.5, 0.6) is 11.5 Å². The Bertz CT molecular complexity index is 912. The van der Waals surface area contributed by atoms with E-state index in [0.717, 1.165) is 41.5 Å². The molecule has 168 valence electrons. The number of hydrogen-bond donors (Lipinski definition) is 2. The highest BCUT2D eigenvalue weighted by Gasteiger charge is 2.50. The van der Waals surface area contributed by atoms with Gasteiger partial charge in [0.25, 0.3) is 0 Å². The number of phenols is 2. The van der Waals surface area contributed by atoms with Crippen LogP contribution in [0.3, 0.4) is 0 Å². The Morgan fingerprint density at radius 3 is 1.74 bits per heavy atom. The zero-order valence-electron chi connectivity index (χ0n) is 19.9. The van der Waals surface area contributed by atoms with Gasteiger partial charge in [-0.05, 0) is 58.1 Å². The van der Waals surface area contributed by atoms with E-state index in [0.29, 0.717) is 0 Å². The highest BCUT2D eigenvalue weighted by molar-refractivity contribution is 5.77. The zero-order valence-corrected chi connectivity index (χ0v) is 19.9. The molecule has 4 heteroatoms. The van der Waals surface area contributed by atoms with Gasteiger partial charge in [0.05, 0.1) is 13.0 Å². The van der Waals surface area contributed by atoms with Crippen LogP contribution in [-0.4, -0.2) is 23.3 Å². The topological polar surface area (TPSA) is 66.8 Å². The van der Waals surface area contributed by atoms with Gasteiger partial charge in [0.1, 0.15) is 11.5 Å². The van der Waals surface area contributed by atoms with E-state index in [2.05, 4.69) is 53.7 Å². The number of ether oxygens (including phenoxy) is 1. The van der Waals surface area contributed by atoms with Crippen LogP contribution in [0.1, 0.15) is 83.1 Å². The molecule has 4 nitrogen and oxygen atoms in total. The van der Waals surface area contributed by atoms with Gasteiger partial charge in [-0.2, -0.15) is 0 Å². The molecule has 0 spiro atoms. The quantitative estimate of drug-likeness (QED) is 0.597. The van der Waals surface area contributed by atoms with E-state index in [1.807, 2.05) is 12.1 Å². The number of carbonyl (C=O) groups is 1. The van der Waals surface area contributed by atoms with Gasteiger partial charge in [-0.3, -0.25) is 4.79 Å². The molecule has 0 aromatic heterocycles. The van der Waals surface area contributed by atoms with Gasteiger partial charge in [0.2, 0.25) is 0 Å². The third-order valence-corrected chi connectivity index (χ3v) is 6.78. The number of hydrogen-bond acceptors (Lipinski definition) is 4. The summed E-state index contributed by atoms with van der Waals surface area (Å²) in [5.41, 5.74) is 2.67. The number of benzene rings is 2. The summed E-state index contributed by atoms with van der Waals surface area (Å²) in [4.78, 5) is 13.0. The monoisotopic (exact) mass is 424 g/mol. The van der Waals surface area contributed by atoms with Crippen molar-refractivity contribution in [2.45, 2.75) is 77.0 Å². The zero-order chi connectivity index (χ0) is 23.2. The molecule has 1 aliphatic carbocycles. The standard InChI is InChI=1S/C27H36O4/c1-25(2,3)20-15-17(10-12-22(20)28)27(14-8-9-19(27)24(30)31-7)18-11-13-23(29)21(16-18)26(4,5)6/h10-13,15-16,19,28-29H,8-9,14H2,1-7H3. The normalized spacial score (nSPS) is 18.7. The predicted molar refractivity (Wildman–Crippen MR) is 124 cm³/mol. The molecule has 0 heterocycles. The molecular weight excluding hydrogens is 388 g/mol. The summed E-state index contributed by atoms with van der Waals surface area (Å²) in [5, 5.41) is 21.1. The molecular formula is C27H36O4. The van der Waals surface area contributed by atoms with Crippen molar-refractivity contribution in [1.29, 1.82) is 0 Å². The van der Waals surface area contributed by atoms with Crippen LogP contribution in [0.2, 0.25) is 0 Å². The average Bonchev–Trinajstić information content (AvgIpc) is 3.12. The molecule has 1 atom stereocenters. The number of rotatable bonds is 3. The average molecular weight is 425 g/mol. The fraction of sp³-hybridized carbons (Fsp3) is 0.519. The maximum atomic E-state index is 13.0. The maximum absolute atomic E-state index is 13.0. The Hall–Kier alpha value is -2.49. The second kappa shape index (κ2) is 7.89. The molecule has 1 unspecified atom stereocenters. The summed E-state index contributed by atoms with van der Waals surface area (Å²) in [6, 6.07) is 11.5. The van der Waals surface area contributed by atoms with Crippen molar-refractivity contribution in [1.82, 2.24) is 0 Å². The molecule has 0 amide bonds. The van der Waals surface area contributed by atoms with E-state index < -0.39 is 5.41 Å². The van der Waals surface area contributed by atoms with Gasteiger partial charge >= 0.3 is 5.97 Å². The molecule has 1 fully saturated rings. The Balaban J connectivity index is 2.33. The highest BCUT2D eigenvalue weighted by atomic mass is 16.5. The van der Waals surface area contributed by atoms with Gasteiger partial charge < -0.3 is 14.9 Å². The summed E-state index contributed by atoms with van der Waals surface area (Å²) in [6.07, 6.45) is 2.44. The van der Waals surface area contributed by atoms with Crippen molar-refractivity contribution >= 4 is 5.97 Å². The van der Waals surface area contributed by atoms with Crippen LogP contribution in [-0.2, 0) is 25.8 Å². The number of phenolic OH excluding ortho intramolecular Hbond substituents is 2. The molecule has 2 N–H and O–H groups in total. The molecule has 0 saturated heterocycles. The van der Waals surface area contributed by atoms with Gasteiger partial charge in [-0.15, -0.1) is 0 Å². The number of methoxy groups -OCH3 is 1. The summed E-state index contributed by atoms with van der Waals surface area (Å²) in [5.74, 6) is -0.0132. The van der Waals surface area contributed by atoms with E-state index in [1.54, 1.807) is 12.1 Å². The van der Waals surface area contributed by atoms with Crippen molar-refractivity contribution < 1.29 is 19.7 Å². The maximum Gasteiger partial charge on any atom is 0.309 e. The first-order valence-electron chi connectivity index (χ1n) is 11.1. The number of aromatic hydroxyl groups is 2. The molecule has 3 rings (SSSR count). The third kappa shape index (κ3) is 4.05. The molecule has 1 aliphatic rings. The fourth-order valence-corrected chi connectivity index (χ4v) is 5.15. The first kappa shape index (κ1) is 23.2. The van der Waals surface area contributed by atoms with Crippen molar-refractivity contribution in [2.75, 3.05) is 7.11 Å². The lowest BCUT2D eigenvalue weighted by molar-refractivity contribution is -0.146. The number of esters is 1. The molecule has 2 aromatic carbocycles. The minimum atomic E-state index is -0.575. The fourth-order valence-electron chi connectivity index (χ4n) is 5.15. The van der Waals surface area contributed by atoms with E-state index in [1.165, 1.54) is 7.11 Å². The molecule has 31 heavy (non-hydrogen) atoms. The highest BCUT2D eigenvalue weighted by Crippen LogP contribution is 2.53. The summed E-state index contributed by atoms with van der Waals surface area (Å²) in [6.45, 7) is 12.4. The Labute approximate surface area is 186 Å². The summed E-state index contributed by atoms with van der Waals surface area (Å²) < 4.78 is 5.24. The van der Waals surface area contributed by atoms with Crippen LogP contribution in [0, 0.1) is 5.92 Å². The Morgan fingerprint density at radius 1 is 0.903 bits per heavy atom. The van der Waals surface area contributed by atoms with Gasteiger partial charge in [0, 0.05) is 5.41 Å². The van der Waals surface area contributed by atoms with E-state index in [9.17, 15) is 15.0 Å². The second-order valence-corrected chi connectivity index (χ2v) is 10.9. The minimum Gasteiger partial charge on any atom is -0.508 e. The van der Waals surface area contributed by atoms with Crippen molar-refractivity contribution in [3.63, 3.8) is 0 Å². The van der Waals surface area contributed by atoms with Crippen molar-refractivity contribution in [3.8, 4) is 11.5 Å². The smallest absolute Gasteiger partial charge is 0.309 e. The largest absolute Gasteiger partial charge is 0.508 e. The molecule has 0 aliphatic heterocycles. The molecule has 1 saturated carbocycles. The van der Waals surface area contributed by atoms with E-state index >= 15 is 0 Å². The molecule has 0 radical (unpaired) electrons. The van der Waals surface area contributed by atoms with Crippen molar-refractivity contribution in [2.24, 2.45) is 5.92 Å². The second-order valence-electron chi connectivity index (χ2n) is 10.9. The lowest BCUT2D eigenvalue weighted by Gasteiger charge is -2.37. The van der Waals surface area contributed by atoms with Crippen LogP contribution in [0.25, 0.3) is 0 Å². The van der Waals surface area contributed by atoms with Crippen molar-refractivity contribution in [3.05, 3.63) is 58.7 Å². The summed E-state index contributed by atoms with van der Waals surface area (Å²) in [7, 11) is 1.44. The third-order valence-electron chi connectivity index (χ3n) is 6.78. The molecule has 2 aromatic rings. The van der Waals surface area contributed by atoms with Gasteiger partial charge in [-0.25, -0.2) is 0 Å². The van der Waals surface area contributed by atoms with E-state index in [4.69, 9.17) is 4.74 Å². The van der Waals surface area contributed by atoms with Crippen LogP contribution >= 0.6 is 0 Å². The summed E-state index contributed by atoms with van der Waals surface area (Å²) >= 11 is 0. The first-order chi connectivity index (χ1) is 14.3. The number of carbonyl (C=O) groups excluding carboxylic acids is 1. The lowest BCUT2D eigenvalue weighted by atomic mass is 9.65. The SMILES string of the molecule is COC(=O)C1CCCC1(c1ccc(O)c(C(C)(C)C)c1)c1ccc(O)c(C(C)(C)C)c1. The first-order valence-corrected chi connectivity index (χ1v) is 11.1.